The SMILES string of the molecule is CCN(/C=C/C=C(\C)C=O)CC. The van der Waals surface area contributed by atoms with Crippen LogP contribution in [0.1, 0.15) is 20.8 Å². The Morgan fingerprint density at radius 3 is 2.33 bits per heavy atom. The lowest BCUT2D eigenvalue weighted by molar-refractivity contribution is -0.104. The van der Waals surface area contributed by atoms with Crippen LogP contribution >= 0.6 is 0 Å². The van der Waals surface area contributed by atoms with Crippen LogP contribution in [0.2, 0.25) is 0 Å². The Kier molecular flexibility index (Phi) is 6.07. The van der Waals surface area contributed by atoms with Crippen molar-refractivity contribution < 1.29 is 4.79 Å². The molecule has 0 bridgehead atoms. The number of carbonyl (C=O) groups excluding carboxylic acids is 1. The molecule has 0 atom stereocenters. The number of nitrogens with zero attached hydrogens (tertiary/aromatic N) is 1. The number of hydrogen-bond acceptors (Lipinski definition) is 2. The third kappa shape index (κ3) is 4.72. The van der Waals surface area contributed by atoms with Crippen molar-refractivity contribution in [2.24, 2.45) is 0 Å². The average Bonchev–Trinajstić information content (AvgIpc) is 2.12. The molecule has 0 rings (SSSR count). The summed E-state index contributed by atoms with van der Waals surface area (Å²) < 4.78 is 0. The zero-order chi connectivity index (χ0) is 9.40. The summed E-state index contributed by atoms with van der Waals surface area (Å²) in [4.78, 5) is 12.4. The van der Waals surface area contributed by atoms with Crippen molar-refractivity contribution >= 4 is 6.29 Å². The minimum absolute atomic E-state index is 0.749. The predicted octanol–water partition coefficient (Wildman–Crippen LogP) is 1.99. The van der Waals surface area contributed by atoms with Crippen LogP contribution in [0.4, 0.5) is 0 Å². The number of aldehydes is 1. The van der Waals surface area contributed by atoms with Crippen molar-refractivity contribution in [1.82, 2.24) is 4.90 Å². The van der Waals surface area contributed by atoms with E-state index in [-0.39, 0.29) is 0 Å². The number of rotatable bonds is 5. The van der Waals surface area contributed by atoms with E-state index < -0.39 is 0 Å². The minimum atomic E-state index is 0.749. The molecule has 2 nitrogen and oxygen atoms in total. The number of allylic oxidation sites excluding steroid dienone is 3. The molecule has 0 aliphatic heterocycles. The van der Waals surface area contributed by atoms with E-state index in [9.17, 15) is 4.79 Å². The fourth-order valence-electron chi connectivity index (χ4n) is 0.790. The molecule has 0 aromatic carbocycles. The van der Waals surface area contributed by atoms with E-state index in [4.69, 9.17) is 0 Å². The van der Waals surface area contributed by atoms with E-state index in [1.807, 2.05) is 18.4 Å². The number of hydrogen-bond donors (Lipinski definition) is 0. The summed E-state index contributed by atoms with van der Waals surface area (Å²) in [6.45, 7) is 8.00. The lowest BCUT2D eigenvalue weighted by atomic mass is 10.3. The molecule has 68 valence electrons. The second-order valence-corrected chi connectivity index (χ2v) is 2.59. The quantitative estimate of drug-likeness (QED) is 0.354. The summed E-state index contributed by atoms with van der Waals surface area (Å²) in [6, 6.07) is 0. The molecule has 0 aliphatic rings. The van der Waals surface area contributed by atoms with E-state index in [2.05, 4.69) is 18.7 Å². The molecule has 0 aromatic rings. The summed E-state index contributed by atoms with van der Waals surface area (Å²) >= 11 is 0. The van der Waals surface area contributed by atoms with Gasteiger partial charge in [-0.25, -0.2) is 0 Å². The Labute approximate surface area is 74.6 Å². The molecule has 0 N–H and O–H groups in total. The largest absolute Gasteiger partial charge is 0.378 e. The lowest BCUT2D eigenvalue weighted by Crippen LogP contribution is -2.14. The van der Waals surface area contributed by atoms with Crippen LogP contribution in [0.3, 0.4) is 0 Å². The summed E-state index contributed by atoms with van der Waals surface area (Å²) in [5, 5.41) is 0. The summed E-state index contributed by atoms with van der Waals surface area (Å²) in [6.07, 6.45) is 6.56. The van der Waals surface area contributed by atoms with Gasteiger partial charge in [0, 0.05) is 13.1 Å². The summed E-state index contributed by atoms with van der Waals surface area (Å²) in [7, 11) is 0. The molecule has 12 heavy (non-hydrogen) atoms. The first-order valence-corrected chi connectivity index (χ1v) is 4.28. The Bertz CT molecular complexity index is 178. The first-order valence-electron chi connectivity index (χ1n) is 4.28. The van der Waals surface area contributed by atoms with Crippen molar-refractivity contribution in [1.29, 1.82) is 0 Å². The highest BCUT2D eigenvalue weighted by Gasteiger charge is 1.87. The lowest BCUT2D eigenvalue weighted by Gasteiger charge is -2.13. The predicted molar refractivity (Wildman–Crippen MR) is 51.9 cm³/mol. The Balaban J connectivity index is 3.96. The average molecular weight is 167 g/mol. The fourth-order valence-corrected chi connectivity index (χ4v) is 0.790. The maximum Gasteiger partial charge on any atom is 0.145 e. The molecule has 0 amide bonds. The normalized spacial score (nSPS) is 12.1. The molecule has 0 unspecified atom stereocenters. The first-order chi connectivity index (χ1) is 5.74. The number of carbonyl (C=O) groups is 1. The van der Waals surface area contributed by atoms with Crippen LogP contribution in [-0.4, -0.2) is 24.3 Å². The molecule has 0 fully saturated rings. The maximum atomic E-state index is 10.2. The van der Waals surface area contributed by atoms with E-state index in [0.29, 0.717) is 0 Å². The topological polar surface area (TPSA) is 20.3 Å². The highest BCUT2D eigenvalue weighted by molar-refractivity contribution is 5.72. The third-order valence-corrected chi connectivity index (χ3v) is 1.65. The van der Waals surface area contributed by atoms with Gasteiger partial charge in [0.1, 0.15) is 6.29 Å². The van der Waals surface area contributed by atoms with Gasteiger partial charge in [-0.2, -0.15) is 0 Å². The van der Waals surface area contributed by atoms with Crippen molar-refractivity contribution in [3.8, 4) is 0 Å². The molecule has 0 saturated carbocycles. The van der Waals surface area contributed by atoms with Gasteiger partial charge < -0.3 is 4.90 Å². The molecular weight excluding hydrogens is 150 g/mol. The molecular formula is C10H17NO. The van der Waals surface area contributed by atoms with Gasteiger partial charge in [0.2, 0.25) is 0 Å². The van der Waals surface area contributed by atoms with Crippen LogP contribution in [0.15, 0.2) is 23.9 Å². The van der Waals surface area contributed by atoms with Gasteiger partial charge in [0.05, 0.1) is 0 Å². The van der Waals surface area contributed by atoms with Gasteiger partial charge in [0.15, 0.2) is 0 Å². The highest BCUT2D eigenvalue weighted by Crippen LogP contribution is 1.91. The third-order valence-electron chi connectivity index (χ3n) is 1.65. The summed E-state index contributed by atoms with van der Waals surface area (Å²) in [5.41, 5.74) is 0.749. The van der Waals surface area contributed by atoms with Crippen molar-refractivity contribution in [2.45, 2.75) is 20.8 Å². The van der Waals surface area contributed by atoms with Gasteiger partial charge in [-0.05, 0) is 38.6 Å². The van der Waals surface area contributed by atoms with E-state index in [1.165, 1.54) is 0 Å². The van der Waals surface area contributed by atoms with Gasteiger partial charge in [-0.1, -0.05) is 6.08 Å². The molecule has 2 heteroatoms. The van der Waals surface area contributed by atoms with Crippen LogP contribution in [0, 0.1) is 0 Å². The second-order valence-electron chi connectivity index (χ2n) is 2.59. The van der Waals surface area contributed by atoms with Crippen LogP contribution in [0.5, 0.6) is 0 Å². The van der Waals surface area contributed by atoms with E-state index >= 15 is 0 Å². The molecule has 0 radical (unpaired) electrons. The van der Waals surface area contributed by atoms with Crippen molar-refractivity contribution in [3.63, 3.8) is 0 Å². The zero-order valence-corrected chi connectivity index (χ0v) is 8.08. The smallest absolute Gasteiger partial charge is 0.145 e. The fraction of sp³-hybridized carbons (Fsp3) is 0.500. The molecule has 0 aliphatic carbocycles. The van der Waals surface area contributed by atoms with Gasteiger partial charge in [-0.15, -0.1) is 0 Å². The van der Waals surface area contributed by atoms with Crippen molar-refractivity contribution in [3.05, 3.63) is 23.9 Å². The maximum absolute atomic E-state index is 10.2. The van der Waals surface area contributed by atoms with E-state index in [1.54, 1.807) is 6.92 Å². The van der Waals surface area contributed by atoms with Crippen molar-refractivity contribution in [2.75, 3.05) is 13.1 Å². The Morgan fingerprint density at radius 1 is 1.33 bits per heavy atom. The van der Waals surface area contributed by atoms with Gasteiger partial charge in [0.25, 0.3) is 0 Å². The van der Waals surface area contributed by atoms with E-state index in [0.717, 1.165) is 24.9 Å². The van der Waals surface area contributed by atoms with Crippen LogP contribution in [0.25, 0.3) is 0 Å². The molecule has 0 spiro atoms. The van der Waals surface area contributed by atoms with Crippen LogP contribution < -0.4 is 0 Å². The standard InChI is InChI=1S/C10H17NO/c1-4-11(5-2)8-6-7-10(3)9-12/h6-9H,4-5H2,1-3H3/b8-6+,10-7+. The molecule has 0 aromatic heterocycles. The Hall–Kier alpha value is -1.05. The molecule has 0 saturated heterocycles. The zero-order valence-electron chi connectivity index (χ0n) is 8.08. The van der Waals surface area contributed by atoms with Gasteiger partial charge in [-0.3, -0.25) is 4.79 Å². The second kappa shape index (κ2) is 6.65. The van der Waals surface area contributed by atoms with Gasteiger partial charge >= 0.3 is 0 Å². The van der Waals surface area contributed by atoms with Crippen LogP contribution in [-0.2, 0) is 4.79 Å². The minimum Gasteiger partial charge on any atom is -0.378 e. The summed E-state index contributed by atoms with van der Waals surface area (Å²) in [5.74, 6) is 0. The Morgan fingerprint density at radius 2 is 1.92 bits per heavy atom. The highest BCUT2D eigenvalue weighted by atomic mass is 16.1. The first kappa shape index (κ1) is 11.0. The molecule has 0 heterocycles. The monoisotopic (exact) mass is 167 g/mol.